The minimum Gasteiger partial charge on any atom is -0.377 e. The van der Waals surface area contributed by atoms with Crippen molar-refractivity contribution in [1.29, 1.82) is 0 Å². The van der Waals surface area contributed by atoms with E-state index in [-0.39, 0.29) is 24.3 Å². The Balaban J connectivity index is 2.16. The highest BCUT2D eigenvalue weighted by molar-refractivity contribution is 7.10. The zero-order valence-electron chi connectivity index (χ0n) is 11.9. The highest BCUT2D eigenvalue weighted by Gasteiger charge is 2.38. The van der Waals surface area contributed by atoms with Gasteiger partial charge in [0.2, 0.25) is 0 Å². The van der Waals surface area contributed by atoms with Crippen LogP contribution in [0.25, 0.3) is 0 Å². The van der Waals surface area contributed by atoms with Gasteiger partial charge in [0.25, 0.3) is 0 Å². The van der Waals surface area contributed by atoms with Crippen molar-refractivity contribution in [2.45, 2.75) is 37.6 Å². The van der Waals surface area contributed by atoms with Crippen molar-refractivity contribution in [3.63, 3.8) is 0 Å². The molecule has 1 aromatic heterocycles. The second-order valence-electron chi connectivity index (χ2n) is 5.03. The normalized spacial score (nSPS) is 27.6. The second-order valence-corrected chi connectivity index (χ2v) is 6.01. The minimum absolute atomic E-state index is 0.136. The minimum atomic E-state index is 0.136. The van der Waals surface area contributed by atoms with Crippen LogP contribution in [-0.4, -0.2) is 50.5 Å². The molecule has 2 heterocycles. The van der Waals surface area contributed by atoms with Gasteiger partial charge in [-0.3, -0.25) is 4.90 Å². The van der Waals surface area contributed by atoms with E-state index in [1.165, 1.54) is 4.88 Å². The summed E-state index contributed by atoms with van der Waals surface area (Å²) in [5.74, 6) is 0. The van der Waals surface area contributed by atoms with Crippen molar-refractivity contribution in [1.82, 2.24) is 4.90 Å². The number of ether oxygens (including phenoxy) is 2. The lowest BCUT2D eigenvalue weighted by Gasteiger charge is -2.31. The molecule has 0 spiro atoms. The third-order valence-electron chi connectivity index (χ3n) is 3.95. The molecule has 108 valence electrons. The number of hydrogen-bond donors (Lipinski definition) is 1. The molecule has 0 radical (unpaired) electrons. The van der Waals surface area contributed by atoms with Gasteiger partial charge in [-0.1, -0.05) is 13.0 Å². The maximum Gasteiger partial charge on any atom is 0.0972 e. The molecule has 2 N–H and O–H groups in total. The molecule has 0 amide bonds. The summed E-state index contributed by atoms with van der Waals surface area (Å²) < 4.78 is 11.0. The van der Waals surface area contributed by atoms with Crippen LogP contribution >= 0.6 is 11.3 Å². The Kier molecular flexibility index (Phi) is 5.36. The predicted octanol–water partition coefficient (Wildman–Crippen LogP) is 1.87. The Morgan fingerprint density at radius 3 is 2.42 bits per heavy atom. The van der Waals surface area contributed by atoms with Gasteiger partial charge >= 0.3 is 0 Å². The number of rotatable bonds is 6. The van der Waals surface area contributed by atoms with Crippen LogP contribution in [0, 0.1) is 0 Å². The fourth-order valence-electron chi connectivity index (χ4n) is 2.80. The molecule has 1 fully saturated rings. The summed E-state index contributed by atoms with van der Waals surface area (Å²) in [5.41, 5.74) is 6.35. The highest BCUT2D eigenvalue weighted by Crippen LogP contribution is 2.32. The van der Waals surface area contributed by atoms with E-state index >= 15 is 0 Å². The van der Waals surface area contributed by atoms with Gasteiger partial charge in [-0.25, -0.2) is 0 Å². The lowest BCUT2D eigenvalue weighted by atomic mass is 10.0. The smallest absolute Gasteiger partial charge is 0.0972 e. The fourth-order valence-corrected chi connectivity index (χ4v) is 3.73. The van der Waals surface area contributed by atoms with Crippen LogP contribution in [0.5, 0.6) is 0 Å². The summed E-state index contributed by atoms with van der Waals surface area (Å²) in [7, 11) is 3.50. The van der Waals surface area contributed by atoms with E-state index in [4.69, 9.17) is 15.2 Å². The SMILES string of the molecule is CCC(N)C(c1cccs1)N1CC(OC)C(OC)C1. The molecule has 1 saturated heterocycles. The first-order chi connectivity index (χ1) is 9.21. The van der Waals surface area contributed by atoms with Crippen molar-refractivity contribution in [2.24, 2.45) is 5.73 Å². The summed E-state index contributed by atoms with van der Waals surface area (Å²) in [6.07, 6.45) is 1.24. The number of thiophene rings is 1. The predicted molar refractivity (Wildman–Crippen MR) is 78.5 cm³/mol. The molecule has 0 bridgehead atoms. The van der Waals surface area contributed by atoms with Gasteiger partial charge < -0.3 is 15.2 Å². The van der Waals surface area contributed by atoms with Crippen LogP contribution in [-0.2, 0) is 9.47 Å². The number of hydrogen-bond acceptors (Lipinski definition) is 5. The average Bonchev–Trinajstić information content (AvgIpc) is 3.08. The Morgan fingerprint density at radius 2 is 2.00 bits per heavy atom. The molecule has 19 heavy (non-hydrogen) atoms. The molecule has 2 rings (SSSR count). The van der Waals surface area contributed by atoms with Crippen molar-refractivity contribution < 1.29 is 9.47 Å². The van der Waals surface area contributed by atoms with Crippen LogP contribution in [0.3, 0.4) is 0 Å². The van der Waals surface area contributed by atoms with Gasteiger partial charge in [0, 0.05) is 38.2 Å². The molecule has 1 aliphatic rings. The van der Waals surface area contributed by atoms with Crippen LogP contribution < -0.4 is 5.73 Å². The fraction of sp³-hybridized carbons (Fsp3) is 0.714. The molecular weight excluding hydrogens is 260 g/mol. The standard InChI is InChI=1S/C14H24N2O2S/c1-4-10(15)14(13-6-5-7-19-13)16-8-11(17-2)12(9-16)18-3/h5-7,10-12,14H,4,8-9,15H2,1-3H3. The van der Waals surface area contributed by atoms with Crippen LogP contribution in [0.15, 0.2) is 17.5 Å². The second kappa shape index (κ2) is 6.81. The Labute approximate surface area is 119 Å². The van der Waals surface area contributed by atoms with E-state index in [0.717, 1.165) is 19.5 Å². The van der Waals surface area contributed by atoms with Gasteiger partial charge in [0.15, 0.2) is 0 Å². The molecule has 0 aromatic carbocycles. The number of nitrogens with two attached hydrogens (primary N) is 1. The summed E-state index contributed by atoms with van der Waals surface area (Å²) in [4.78, 5) is 3.74. The Hall–Kier alpha value is -0.460. The molecule has 4 nitrogen and oxygen atoms in total. The summed E-state index contributed by atoms with van der Waals surface area (Å²) >= 11 is 1.78. The summed E-state index contributed by atoms with van der Waals surface area (Å²) in [6.45, 7) is 3.90. The molecule has 0 saturated carbocycles. The van der Waals surface area contributed by atoms with Gasteiger partial charge in [0.05, 0.1) is 18.2 Å². The molecule has 5 heteroatoms. The number of likely N-dealkylation sites (tertiary alicyclic amines) is 1. The maximum atomic E-state index is 6.35. The lowest BCUT2D eigenvalue weighted by Crippen LogP contribution is -2.40. The topological polar surface area (TPSA) is 47.7 Å². The zero-order chi connectivity index (χ0) is 13.8. The van der Waals surface area contributed by atoms with Gasteiger partial charge in [-0.05, 0) is 17.9 Å². The number of nitrogens with zero attached hydrogens (tertiary/aromatic N) is 1. The average molecular weight is 284 g/mol. The molecular formula is C14H24N2O2S. The van der Waals surface area contributed by atoms with Gasteiger partial charge in [0.1, 0.15) is 0 Å². The van der Waals surface area contributed by atoms with E-state index in [1.807, 2.05) is 0 Å². The lowest BCUT2D eigenvalue weighted by molar-refractivity contribution is -0.00461. The van der Waals surface area contributed by atoms with Crippen LogP contribution in [0.1, 0.15) is 24.3 Å². The first-order valence-corrected chi connectivity index (χ1v) is 7.67. The first kappa shape index (κ1) is 14.9. The van der Waals surface area contributed by atoms with Crippen LogP contribution in [0.2, 0.25) is 0 Å². The molecule has 1 aliphatic heterocycles. The maximum absolute atomic E-state index is 6.35. The van der Waals surface area contributed by atoms with Crippen molar-refractivity contribution in [2.75, 3.05) is 27.3 Å². The van der Waals surface area contributed by atoms with Crippen molar-refractivity contribution in [3.05, 3.63) is 22.4 Å². The summed E-state index contributed by atoms with van der Waals surface area (Å²) in [6, 6.07) is 4.68. The van der Waals surface area contributed by atoms with Crippen molar-refractivity contribution in [3.8, 4) is 0 Å². The zero-order valence-corrected chi connectivity index (χ0v) is 12.7. The van der Waals surface area contributed by atoms with Crippen molar-refractivity contribution >= 4 is 11.3 Å². The van der Waals surface area contributed by atoms with Gasteiger partial charge in [-0.2, -0.15) is 0 Å². The largest absolute Gasteiger partial charge is 0.377 e. The monoisotopic (exact) mass is 284 g/mol. The van der Waals surface area contributed by atoms with Gasteiger partial charge in [-0.15, -0.1) is 11.3 Å². The van der Waals surface area contributed by atoms with E-state index in [9.17, 15) is 0 Å². The first-order valence-electron chi connectivity index (χ1n) is 6.79. The van der Waals surface area contributed by atoms with E-state index in [0.29, 0.717) is 0 Å². The molecule has 1 aromatic rings. The Bertz CT molecular complexity index is 360. The van der Waals surface area contributed by atoms with E-state index < -0.39 is 0 Å². The van der Waals surface area contributed by atoms with E-state index in [2.05, 4.69) is 29.3 Å². The Morgan fingerprint density at radius 1 is 1.37 bits per heavy atom. The third kappa shape index (κ3) is 3.17. The molecule has 0 aliphatic carbocycles. The third-order valence-corrected chi connectivity index (χ3v) is 4.90. The summed E-state index contributed by atoms with van der Waals surface area (Å²) in [5, 5.41) is 2.11. The molecule has 4 atom stereocenters. The van der Waals surface area contributed by atoms with Crippen LogP contribution in [0.4, 0.5) is 0 Å². The molecule has 4 unspecified atom stereocenters. The quantitative estimate of drug-likeness (QED) is 0.866. The number of methoxy groups -OCH3 is 2. The van der Waals surface area contributed by atoms with E-state index in [1.54, 1.807) is 25.6 Å². The highest BCUT2D eigenvalue weighted by atomic mass is 32.1.